The molecule has 0 aliphatic carbocycles. The number of hydrogen-bond donors (Lipinski definition) is 0. The Morgan fingerprint density at radius 3 is 1.82 bits per heavy atom. The van der Waals surface area contributed by atoms with Crippen molar-refractivity contribution < 1.29 is 0 Å². The van der Waals surface area contributed by atoms with Crippen LogP contribution in [0, 0.1) is 12.8 Å². The van der Waals surface area contributed by atoms with Crippen molar-refractivity contribution in [2.45, 2.75) is 19.8 Å². The van der Waals surface area contributed by atoms with Gasteiger partial charge in [-0.1, -0.05) is 67.9 Å². The van der Waals surface area contributed by atoms with Gasteiger partial charge < -0.3 is 0 Å². The van der Waals surface area contributed by atoms with Gasteiger partial charge in [0.2, 0.25) is 0 Å². The predicted octanol–water partition coefficient (Wildman–Crippen LogP) is 4.56. The smallest absolute Gasteiger partial charge is 0.0184 e. The van der Waals surface area contributed by atoms with E-state index in [0.717, 1.165) is 0 Å². The molecular weight excluding hydrogens is 204 g/mol. The molecule has 0 amide bonds. The molecule has 0 aromatic heterocycles. The van der Waals surface area contributed by atoms with Crippen molar-refractivity contribution in [2.75, 3.05) is 0 Å². The topological polar surface area (TPSA) is 0 Å². The van der Waals surface area contributed by atoms with Gasteiger partial charge in [0, 0.05) is 0 Å². The Morgan fingerprint density at radius 2 is 1.29 bits per heavy atom. The maximum absolute atomic E-state index is 4.00. The Hall–Kier alpha value is -2.00. The van der Waals surface area contributed by atoms with Gasteiger partial charge in [0.25, 0.3) is 0 Å². The van der Waals surface area contributed by atoms with E-state index in [1.807, 2.05) is 0 Å². The van der Waals surface area contributed by atoms with E-state index in [1.54, 1.807) is 0 Å². The fourth-order valence-corrected chi connectivity index (χ4v) is 1.78. The first-order valence-electron chi connectivity index (χ1n) is 5.88. The lowest BCUT2D eigenvalue weighted by atomic mass is 10.0. The van der Waals surface area contributed by atoms with Crippen LogP contribution in [0.2, 0.25) is 0 Å². The highest BCUT2D eigenvalue weighted by molar-refractivity contribution is 5.63. The summed E-state index contributed by atoms with van der Waals surface area (Å²) in [5.41, 5.74) is 4.02. The van der Waals surface area contributed by atoms with Crippen LogP contribution in [-0.2, 0) is 6.42 Å². The van der Waals surface area contributed by atoms with Crippen molar-refractivity contribution in [1.82, 2.24) is 0 Å². The van der Waals surface area contributed by atoms with Gasteiger partial charge in [0.15, 0.2) is 0 Å². The van der Waals surface area contributed by atoms with Crippen LogP contribution in [0.1, 0.15) is 18.9 Å². The maximum atomic E-state index is 4.00. The molecule has 0 bridgehead atoms. The van der Waals surface area contributed by atoms with Gasteiger partial charge in [-0.2, -0.15) is 0 Å². The number of benzene rings is 2. The van der Waals surface area contributed by atoms with E-state index < -0.39 is 0 Å². The van der Waals surface area contributed by atoms with E-state index >= 15 is 0 Å². The average Bonchev–Trinajstić information content (AvgIpc) is 2.43. The van der Waals surface area contributed by atoms with Crippen LogP contribution >= 0.6 is 0 Å². The lowest BCUT2D eigenvalue weighted by Crippen LogP contribution is -1.83. The summed E-state index contributed by atoms with van der Waals surface area (Å²) >= 11 is 0. The largest absolute Gasteiger partial charge is 0.124 e. The average molecular weight is 222 g/mol. The van der Waals surface area contributed by atoms with Crippen LogP contribution in [0.4, 0.5) is 0 Å². The summed E-state index contributed by atoms with van der Waals surface area (Å²) in [6.45, 7) is 2.21. The van der Waals surface area contributed by atoms with E-state index in [9.17, 15) is 0 Å². The first-order chi connectivity index (χ1) is 8.40. The predicted molar refractivity (Wildman–Crippen MR) is 75.8 cm³/mol. The van der Waals surface area contributed by atoms with Gasteiger partial charge in [-0.25, -0.2) is 0 Å². The van der Waals surface area contributed by atoms with Crippen LogP contribution in [0.5, 0.6) is 0 Å². The lowest BCUT2D eigenvalue weighted by Gasteiger charge is -2.03. The molecule has 2 aromatic carbocycles. The van der Waals surface area contributed by atoms with E-state index in [2.05, 4.69) is 74.4 Å². The Morgan fingerprint density at radius 1 is 0.765 bits per heavy atom. The molecule has 2 rings (SSSR count). The Bertz CT molecular complexity index is 434. The molecule has 0 aliphatic rings. The van der Waals surface area contributed by atoms with Gasteiger partial charge in [-0.3, -0.25) is 0 Å². The summed E-state index contributed by atoms with van der Waals surface area (Å²) in [4.78, 5) is 0. The minimum absolute atomic E-state index is 1.18. The van der Waals surface area contributed by atoms with Crippen LogP contribution in [0.15, 0.2) is 54.6 Å². The highest BCUT2D eigenvalue weighted by Gasteiger charge is 1.96. The third kappa shape index (κ3) is 3.81. The first kappa shape index (κ1) is 13.1. The molecule has 0 saturated heterocycles. The van der Waals surface area contributed by atoms with Gasteiger partial charge >= 0.3 is 0 Å². The fourth-order valence-electron chi connectivity index (χ4n) is 1.78. The van der Waals surface area contributed by atoms with Crippen LogP contribution in [0.25, 0.3) is 11.1 Å². The molecule has 86 valence electrons. The first-order valence-corrected chi connectivity index (χ1v) is 5.88. The molecule has 0 nitrogen and oxygen atoms in total. The van der Waals surface area contributed by atoms with Crippen LogP contribution in [0.3, 0.4) is 0 Å². The molecule has 0 heteroatoms. The van der Waals surface area contributed by atoms with Gasteiger partial charge in [-0.15, -0.1) is 12.8 Å². The SMILES string of the molecule is C#C.CCCc1ccc(-c2ccccc2)cc1. The molecular formula is C17H18. The van der Waals surface area contributed by atoms with Gasteiger partial charge in [0.05, 0.1) is 0 Å². The van der Waals surface area contributed by atoms with Crippen molar-refractivity contribution >= 4 is 0 Å². The second kappa shape index (κ2) is 7.30. The minimum atomic E-state index is 1.18. The zero-order valence-corrected chi connectivity index (χ0v) is 10.3. The summed E-state index contributed by atoms with van der Waals surface area (Å²) in [6.07, 6.45) is 10.4. The number of hydrogen-bond acceptors (Lipinski definition) is 0. The van der Waals surface area contributed by atoms with Crippen molar-refractivity contribution in [2.24, 2.45) is 0 Å². The standard InChI is InChI=1S/C15H16.C2H2/c1-2-6-13-9-11-15(12-10-13)14-7-4-3-5-8-14;1-2/h3-5,7-12H,2,6H2,1H3;1-2H. The second-order valence-electron chi connectivity index (χ2n) is 3.81. The molecule has 17 heavy (non-hydrogen) atoms. The van der Waals surface area contributed by atoms with E-state index in [0.29, 0.717) is 0 Å². The van der Waals surface area contributed by atoms with Crippen molar-refractivity contribution in [3.05, 3.63) is 60.2 Å². The van der Waals surface area contributed by atoms with E-state index in [-0.39, 0.29) is 0 Å². The zero-order chi connectivity index (χ0) is 12.5. The van der Waals surface area contributed by atoms with E-state index in [4.69, 9.17) is 0 Å². The van der Waals surface area contributed by atoms with Gasteiger partial charge in [-0.05, 0) is 23.1 Å². The molecule has 0 unspecified atom stereocenters. The van der Waals surface area contributed by atoms with E-state index in [1.165, 1.54) is 29.5 Å². The third-order valence-corrected chi connectivity index (χ3v) is 2.60. The third-order valence-electron chi connectivity index (χ3n) is 2.60. The quantitative estimate of drug-likeness (QED) is 0.668. The number of aryl methyl sites for hydroxylation is 1. The highest BCUT2D eigenvalue weighted by atomic mass is 14.0. The normalized spacial score (nSPS) is 9.12. The lowest BCUT2D eigenvalue weighted by molar-refractivity contribution is 0.922. The Labute approximate surface area is 104 Å². The minimum Gasteiger partial charge on any atom is -0.124 e. The van der Waals surface area contributed by atoms with Gasteiger partial charge in [0.1, 0.15) is 0 Å². The monoisotopic (exact) mass is 222 g/mol. The molecule has 0 atom stereocenters. The summed E-state index contributed by atoms with van der Waals surface area (Å²) in [7, 11) is 0. The molecule has 0 heterocycles. The van der Waals surface area contributed by atoms with Crippen molar-refractivity contribution in [3.63, 3.8) is 0 Å². The van der Waals surface area contributed by atoms with Crippen LogP contribution < -0.4 is 0 Å². The summed E-state index contributed by atoms with van der Waals surface area (Å²) in [5, 5.41) is 0. The van der Waals surface area contributed by atoms with Crippen molar-refractivity contribution in [1.29, 1.82) is 0 Å². The number of terminal acetylenes is 1. The summed E-state index contributed by atoms with van der Waals surface area (Å²) in [6, 6.07) is 19.4. The highest BCUT2D eigenvalue weighted by Crippen LogP contribution is 2.19. The molecule has 0 spiro atoms. The maximum Gasteiger partial charge on any atom is -0.0184 e. The van der Waals surface area contributed by atoms with Crippen molar-refractivity contribution in [3.8, 4) is 24.0 Å². The summed E-state index contributed by atoms with van der Waals surface area (Å²) < 4.78 is 0. The zero-order valence-electron chi connectivity index (χ0n) is 10.3. The number of rotatable bonds is 3. The molecule has 0 N–H and O–H groups in total. The Balaban J connectivity index is 0.000000686. The fraction of sp³-hybridized carbons (Fsp3) is 0.176. The molecule has 0 aliphatic heterocycles. The molecule has 0 fully saturated rings. The molecule has 2 aromatic rings. The summed E-state index contributed by atoms with van der Waals surface area (Å²) in [5.74, 6) is 0. The molecule has 0 radical (unpaired) electrons. The van der Waals surface area contributed by atoms with Crippen LogP contribution in [-0.4, -0.2) is 0 Å². The second-order valence-corrected chi connectivity index (χ2v) is 3.81. The molecule has 0 saturated carbocycles. The Kier molecular flexibility index (Phi) is 5.61.